The number of ether oxygens (including phenoxy) is 2. The topological polar surface area (TPSA) is 86.2 Å². The van der Waals surface area contributed by atoms with Gasteiger partial charge in [-0.1, -0.05) is 13.2 Å². The van der Waals surface area contributed by atoms with Crippen LogP contribution in [-0.2, 0) is 0 Å². The molecule has 176 valence electrons. The van der Waals surface area contributed by atoms with E-state index in [1.807, 2.05) is 36.2 Å². The number of anilines is 3. The second kappa shape index (κ2) is 8.86. The van der Waals surface area contributed by atoms with Gasteiger partial charge >= 0.3 is 0 Å². The van der Waals surface area contributed by atoms with E-state index >= 15 is 0 Å². The van der Waals surface area contributed by atoms with Gasteiger partial charge in [-0.25, -0.2) is 4.98 Å². The molecule has 5 rings (SSSR count). The third-order valence-corrected chi connectivity index (χ3v) is 6.45. The second-order valence-corrected chi connectivity index (χ2v) is 8.52. The Morgan fingerprint density at radius 3 is 2.71 bits per heavy atom. The van der Waals surface area contributed by atoms with Crippen LogP contribution in [0.1, 0.15) is 12.5 Å². The van der Waals surface area contributed by atoms with Crippen LogP contribution in [0.5, 0.6) is 11.5 Å². The summed E-state index contributed by atoms with van der Waals surface area (Å²) in [5, 5.41) is 13.9. The first-order valence-corrected chi connectivity index (χ1v) is 11.5. The number of fused-ring (bicyclic) bond motifs is 2. The van der Waals surface area contributed by atoms with Gasteiger partial charge in [0.1, 0.15) is 11.6 Å². The number of aliphatic hydroxyl groups is 1. The first-order valence-electron chi connectivity index (χ1n) is 11.1. The van der Waals surface area contributed by atoms with Crippen LogP contribution < -0.4 is 24.6 Å². The lowest BCUT2D eigenvalue weighted by molar-refractivity contribution is 0.174. The quantitative estimate of drug-likeness (QED) is 0.503. The number of allylic oxidation sites excluding steroid dienone is 1. The Bertz CT molecular complexity index is 1210. The smallest absolute Gasteiger partial charge is 0.231 e. The fraction of sp³-hybridized carbons (Fsp3) is 0.292. The Hall–Kier alpha value is -3.79. The predicted octanol–water partition coefficient (Wildman–Crippen LogP) is 3.53. The van der Waals surface area contributed by atoms with Crippen LogP contribution in [0.25, 0.3) is 5.57 Å². The molecule has 3 aliphatic rings. The molecule has 9 nitrogen and oxygen atoms in total. The van der Waals surface area contributed by atoms with Gasteiger partial charge in [0.2, 0.25) is 12.7 Å². The van der Waals surface area contributed by atoms with Crippen LogP contribution in [-0.4, -0.2) is 64.6 Å². The Kier molecular flexibility index (Phi) is 5.74. The summed E-state index contributed by atoms with van der Waals surface area (Å²) < 4.78 is 10.8. The number of hydrogen-bond acceptors (Lipinski definition) is 8. The van der Waals surface area contributed by atoms with E-state index in [4.69, 9.17) is 26.7 Å². The second-order valence-electron chi connectivity index (χ2n) is 8.13. The summed E-state index contributed by atoms with van der Waals surface area (Å²) in [6.45, 7) is 13.7. The van der Waals surface area contributed by atoms with Gasteiger partial charge in [0.25, 0.3) is 0 Å². The molecule has 0 aliphatic carbocycles. The van der Waals surface area contributed by atoms with Crippen LogP contribution in [0, 0.1) is 0 Å². The van der Waals surface area contributed by atoms with Gasteiger partial charge in [-0.2, -0.15) is 4.98 Å². The van der Waals surface area contributed by atoms with Crippen molar-refractivity contribution >= 4 is 40.4 Å². The molecule has 0 atom stereocenters. The number of thiocarbonyl (C=S) groups is 1. The number of rotatable bonds is 4. The van der Waals surface area contributed by atoms with Gasteiger partial charge in [0.05, 0.1) is 0 Å². The highest BCUT2D eigenvalue weighted by Crippen LogP contribution is 2.37. The molecule has 1 saturated heterocycles. The maximum atomic E-state index is 9.92. The molecule has 2 aromatic rings. The zero-order valence-electron chi connectivity index (χ0n) is 19.0. The highest BCUT2D eigenvalue weighted by molar-refractivity contribution is 7.80. The molecule has 0 spiro atoms. The van der Waals surface area contributed by atoms with Crippen LogP contribution in [0.15, 0.2) is 55.1 Å². The van der Waals surface area contributed by atoms with Crippen molar-refractivity contribution in [3.05, 3.63) is 60.6 Å². The molecule has 1 fully saturated rings. The van der Waals surface area contributed by atoms with Gasteiger partial charge in [-0.3, -0.25) is 0 Å². The van der Waals surface area contributed by atoms with Crippen molar-refractivity contribution in [3.8, 4) is 11.5 Å². The Morgan fingerprint density at radius 1 is 1.21 bits per heavy atom. The average Bonchev–Trinajstić information content (AvgIpc) is 3.32. The maximum Gasteiger partial charge on any atom is 0.231 e. The molecular formula is C24H26N6O3S. The zero-order valence-corrected chi connectivity index (χ0v) is 19.8. The maximum absolute atomic E-state index is 9.92. The lowest BCUT2D eigenvalue weighted by Crippen LogP contribution is -2.50. The largest absolute Gasteiger partial charge is 0.508 e. The summed E-state index contributed by atoms with van der Waals surface area (Å²) in [7, 11) is 0. The Morgan fingerprint density at radius 2 is 1.97 bits per heavy atom. The Labute approximate surface area is 203 Å². The van der Waals surface area contributed by atoms with Gasteiger partial charge in [-0.15, -0.1) is 0 Å². The first kappa shape index (κ1) is 22.0. The summed E-state index contributed by atoms with van der Waals surface area (Å²) in [4.78, 5) is 15.7. The summed E-state index contributed by atoms with van der Waals surface area (Å²) >= 11 is 5.64. The molecule has 0 bridgehead atoms. The van der Waals surface area contributed by atoms with E-state index < -0.39 is 0 Å². The van der Waals surface area contributed by atoms with Gasteiger partial charge in [0.15, 0.2) is 16.6 Å². The fourth-order valence-corrected chi connectivity index (χ4v) is 4.46. The van der Waals surface area contributed by atoms with Crippen LogP contribution in [0.4, 0.5) is 17.5 Å². The highest BCUT2D eigenvalue weighted by atomic mass is 32.1. The van der Waals surface area contributed by atoms with Crippen molar-refractivity contribution in [2.24, 2.45) is 0 Å². The van der Waals surface area contributed by atoms with E-state index in [9.17, 15) is 5.11 Å². The molecule has 3 aliphatic heterocycles. The van der Waals surface area contributed by atoms with Crippen molar-refractivity contribution < 1.29 is 14.6 Å². The summed E-state index contributed by atoms with van der Waals surface area (Å²) in [5.74, 6) is 2.90. The van der Waals surface area contributed by atoms with E-state index in [2.05, 4.69) is 33.3 Å². The van der Waals surface area contributed by atoms with Gasteiger partial charge in [0, 0.05) is 68.0 Å². The molecule has 4 heterocycles. The number of piperazine rings is 1. The molecule has 1 aromatic carbocycles. The van der Waals surface area contributed by atoms with E-state index in [0.717, 1.165) is 54.7 Å². The summed E-state index contributed by atoms with van der Waals surface area (Å²) in [5.41, 5.74) is 2.94. The lowest BCUT2D eigenvalue weighted by atomic mass is 9.97. The average molecular weight is 479 g/mol. The van der Waals surface area contributed by atoms with E-state index in [1.54, 1.807) is 6.20 Å². The number of aliphatic hydroxyl groups excluding tert-OH is 1. The normalized spacial score (nSPS) is 16.8. The third-order valence-electron chi connectivity index (χ3n) is 6.09. The Balaban J connectivity index is 1.25. The SMILES string of the molecule is C=C(O)C1=CN(CC)c2nc(N3CCN(C(=S)Nc4ccc5c(c4)OCO5)CC3)ncc2C1=C. The van der Waals surface area contributed by atoms with Crippen molar-refractivity contribution in [1.82, 2.24) is 14.9 Å². The molecule has 2 N–H and O–H groups in total. The summed E-state index contributed by atoms with van der Waals surface area (Å²) in [6, 6.07) is 5.70. The van der Waals surface area contributed by atoms with Crippen LogP contribution >= 0.6 is 12.2 Å². The molecule has 1 aromatic heterocycles. The van der Waals surface area contributed by atoms with Crippen LogP contribution in [0.3, 0.4) is 0 Å². The van der Waals surface area contributed by atoms with Gasteiger partial charge in [-0.05, 0) is 36.8 Å². The van der Waals surface area contributed by atoms with Crippen molar-refractivity contribution in [1.29, 1.82) is 0 Å². The fourth-order valence-electron chi connectivity index (χ4n) is 4.16. The van der Waals surface area contributed by atoms with Crippen molar-refractivity contribution in [2.75, 3.05) is 54.6 Å². The van der Waals surface area contributed by atoms with Crippen molar-refractivity contribution in [2.45, 2.75) is 6.92 Å². The summed E-state index contributed by atoms with van der Waals surface area (Å²) in [6.07, 6.45) is 3.61. The van der Waals surface area contributed by atoms with Gasteiger partial charge < -0.3 is 34.6 Å². The van der Waals surface area contributed by atoms with Crippen molar-refractivity contribution in [3.63, 3.8) is 0 Å². The standard InChI is InChI=1S/C24H26N6O3S/c1-4-28-13-19(16(3)31)15(2)18-12-25-23(27-22(18)28)29-7-9-30(10-8-29)24(34)26-17-5-6-20-21(11-17)33-14-32-20/h5-6,11-13,31H,2-4,7-10,14H2,1H3,(H,26,34). The minimum absolute atomic E-state index is 0.0142. The first-order chi connectivity index (χ1) is 16.4. The minimum Gasteiger partial charge on any atom is -0.508 e. The molecule has 10 heteroatoms. The molecule has 34 heavy (non-hydrogen) atoms. The monoisotopic (exact) mass is 478 g/mol. The van der Waals surface area contributed by atoms with E-state index in [-0.39, 0.29) is 12.6 Å². The number of nitrogens with one attached hydrogen (secondary N) is 1. The molecular weight excluding hydrogens is 452 g/mol. The molecule has 0 radical (unpaired) electrons. The third kappa shape index (κ3) is 4.01. The molecule has 0 unspecified atom stereocenters. The predicted molar refractivity (Wildman–Crippen MR) is 137 cm³/mol. The molecule has 0 amide bonds. The number of hydrogen-bond donors (Lipinski definition) is 2. The lowest BCUT2D eigenvalue weighted by Gasteiger charge is -2.37. The highest BCUT2D eigenvalue weighted by Gasteiger charge is 2.27. The number of aromatic nitrogens is 2. The number of benzene rings is 1. The van der Waals surface area contributed by atoms with E-state index in [1.165, 1.54) is 0 Å². The van der Waals surface area contributed by atoms with Crippen LogP contribution in [0.2, 0.25) is 0 Å². The zero-order chi connectivity index (χ0) is 23.8. The minimum atomic E-state index is -0.0142. The number of nitrogens with zero attached hydrogens (tertiary/aromatic N) is 5. The molecule has 0 saturated carbocycles. The van der Waals surface area contributed by atoms with E-state index in [0.29, 0.717) is 28.8 Å².